The molecule has 0 spiro atoms. The number of rotatable bonds is 5. The van der Waals surface area contributed by atoms with Crippen LogP contribution in [0.2, 0.25) is 0 Å². The number of hydrogen-bond donors (Lipinski definition) is 3. The molecule has 5 atom stereocenters. The van der Waals surface area contributed by atoms with Crippen LogP contribution < -0.4 is 22.5 Å². The summed E-state index contributed by atoms with van der Waals surface area (Å²) in [4.78, 5) is 48.1. The van der Waals surface area contributed by atoms with Crippen molar-refractivity contribution in [3.63, 3.8) is 0 Å². The Labute approximate surface area is 221 Å². The summed E-state index contributed by atoms with van der Waals surface area (Å²) in [6.45, 7) is 8.76. The van der Waals surface area contributed by atoms with E-state index in [1.807, 2.05) is 29.2 Å². The Bertz CT molecular complexity index is 1280. The maximum Gasteiger partial charge on any atom is 0.354 e. The van der Waals surface area contributed by atoms with Crippen molar-refractivity contribution < 1.29 is 9.59 Å². The van der Waals surface area contributed by atoms with E-state index in [1.165, 1.54) is 10.1 Å². The van der Waals surface area contributed by atoms with Crippen LogP contribution in [0, 0.1) is 23.7 Å². The van der Waals surface area contributed by atoms with Gasteiger partial charge in [-0.1, -0.05) is 12.1 Å². The van der Waals surface area contributed by atoms with Gasteiger partial charge in [0.15, 0.2) is 0 Å². The summed E-state index contributed by atoms with van der Waals surface area (Å²) in [5.41, 5.74) is 12.6. The number of nitrogens with two attached hydrogens (primary N) is 2. The molecule has 4 heterocycles. The van der Waals surface area contributed by atoms with Crippen LogP contribution in [-0.4, -0.2) is 87.0 Å². The normalized spacial score (nSPS) is 28.4. The lowest BCUT2D eigenvalue weighted by atomic mass is 10.0. The molecule has 1 aromatic carbocycles. The maximum atomic E-state index is 12.9. The van der Waals surface area contributed by atoms with Crippen molar-refractivity contribution in [2.45, 2.75) is 32.0 Å². The van der Waals surface area contributed by atoms with E-state index in [9.17, 15) is 14.4 Å². The minimum atomic E-state index is -0.896. The summed E-state index contributed by atoms with van der Waals surface area (Å²) in [7, 11) is 0. The Balaban J connectivity index is 1.03. The molecular formula is C27H36N8O3. The first-order valence-electron chi connectivity index (χ1n) is 13.4. The largest absolute Gasteiger partial charge is 0.354 e. The monoisotopic (exact) mass is 520 g/mol. The van der Waals surface area contributed by atoms with Crippen LogP contribution in [0.1, 0.15) is 19.4 Å². The van der Waals surface area contributed by atoms with E-state index < -0.39 is 11.2 Å². The molecule has 202 valence electrons. The van der Waals surface area contributed by atoms with Gasteiger partial charge in [0.05, 0.1) is 11.2 Å². The second-order valence-corrected chi connectivity index (χ2v) is 12.0. The van der Waals surface area contributed by atoms with Gasteiger partial charge in [-0.2, -0.15) is 4.98 Å². The van der Waals surface area contributed by atoms with Crippen LogP contribution in [0.3, 0.4) is 0 Å². The first kappa shape index (κ1) is 25.0. The molecule has 3 saturated heterocycles. The summed E-state index contributed by atoms with van der Waals surface area (Å²) in [5, 5.41) is 2.76. The molecular weight excluding hydrogens is 484 g/mol. The zero-order chi connectivity index (χ0) is 26.8. The average molecular weight is 521 g/mol. The van der Waals surface area contributed by atoms with Gasteiger partial charge in [-0.05, 0) is 49.4 Å². The lowest BCUT2D eigenvalue weighted by molar-refractivity contribution is -0.135. The van der Waals surface area contributed by atoms with E-state index in [4.69, 9.17) is 11.5 Å². The molecule has 1 aliphatic carbocycles. The number of aromatic nitrogens is 2. The van der Waals surface area contributed by atoms with E-state index in [0.29, 0.717) is 44.1 Å². The number of likely N-dealkylation sites (tertiary alicyclic amines) is 3. The highest BCUT2D eigenvalue weighted by molar-refractivity contribution is 5.88. The number of anilines is 1. The number of carbonyl (C=O) groups is 2. The molecule has 4 aliphatic rings. The number of benzene rings is 1. The van der Waals surface area contributed by atoms with Gasteiger partial charge in [0, 0.05) is 69.9 Å². The van der Waals surface area contributed by atoms with Crippen LogP contribution in [0.5, 0.6) is 0 Å². The lowest BCUT2D eigenvalue weighted by Crippen LogP contribution is -2.51. The molecule has 2 aromatic rings. The van der Waals surface area contributed by atoms with E-state index in [1.54, 1.807) is 31.0 Å². The van der Waals surface area contributed by atoms with E-state index in [-0.39, 0.29) is 29.6 Å². The van der Waals surface area contributed by atoms with E-state index in [0.717, 1.165) is 25.3 Å². The second-order valence-electron chi connectivity index (χ2n) is 12.0. The van der Waals surface area contributed by atoms with Crippen molar-refractivity contribution in [3.05, 3.63) is 52.6 Å². The van der Waals surface area contributed by atoms with Crippen molar-refractivity contribution in [1.82, 2.24) is 24.3 Å². The van der Waals surface area contributed by atoms with Gasteiger partial charge >= 0.3 is 11.7 Å². The molecule has 4 unspecified atom stereocenters. The smallest absolute Gasteiger partial charge is 0.340 e. The van der Waals surface area contributed by atoms with Crippen molar-refractivity contribution in [1.29, 1.82) is 0 Å². The number of amides is 3. The Morgan fingerprint density at radius 1 is 0.974 bits per heavy atom. The molecule has 11 heteroatoms. The number of piperidine rings is 1. The van der Waals surface area contributed by atoms with Gasteiger partial charge < -0.3 is 21.3 Å². The molecule has 38 heavy (non-hydrogen) atoms. The number of nitrogens with one attached hydrogen (secondary N) is 1. The number of urea groups is 1. The number of carbonyl (C=O) groups excluding carboxylic acids is 2. The van der Waals surface area contributed by atoms with Gasteiger partial charge in [-0.25, -0.2) is 9.59 Å². The minimum absolute atomic E-state index is 0.0598. The quantitative estimate of drug-likeness (QED) is 0.514. The Kier molecular flexibility index (Phi) is 6.04. The third-order valence-electron chi connectivity index (χ3n) is 8.61. The van der Waals surface area contributed by atoms with Crippen LogP contribution in [0.15, 0.2) is 41.3 Å². The Hall–Kier alpha value is -3.28. The molecule has 3 amide bonds. The van der Waals surface area contributed by atoms with Crippen molar-refractivity contribution >= 4 is 17.8 Å². The van der Waals surface area contributed by atoms with Crippen LogP contribution in [0.25, 0.3) is 5.69 Å². The number of nitrogens with zero attached hydrogens (tertiary/aromatic N) is 5. The third kappa shape index (κ3) is 4.70. The molecule has 1 saturated carbocycles. The fourth-order valence-corrected chi connectivity index (χ4v) is 6.40. The van der Waals surface area contributed by atoms with Crippen LogP contribution in [0.4, 0.5) is 10.6 Å². The predicted octanol–water partition coefficient (Wildman–Crippen LogP) is 0.281. The third-order valence-corrected chi connectivity index (χ3v) is 8.61. The van der Waals surface area contributed by atoms with Crippen molar-refractivity contribution in [2.24, 2.45) is 35.1 Å². The fourth-order valence-electron chi connectivity index (χ4n) is 6.40. The molecule has 0 radical (unpaired) electrons. The summed E-state index contributed by atoms with van der Waals surface area (Å²) < 4.78 is 1.47. The highest BCUT2D eigenvalue weighted by Crippen LogP contribution is 2.44. The Morgan fingerprint density at radius 2 is 1.58 bits per heavy atom. The van der Waals surface area contributed by atoms with Crippen LogP contribution in [-0.2, 0) is 11.3 Å². The minimum Gasteiger partial charge on any atom is -0.340 e. The predicted molar refractivity (Wildman–Crippen MR) is 142 cm³/mol. The highest BCUT2D eigenvalue weighted by Gasteiger charge is 2.53. The van der Waals surface area contributed by atoms with Crippen molar-refractivity contribution in [3.8, 4) is 5.69 Å². The molecule has 5 N–H and O–H groups in total. The fraction of sp³-hybridized carbons (Fsp3) is 0.556. The molecule has 11 nitrogen and oxygen atoms in total. The maximum absolute atomic E-state index is 12.9. The molecule has 4 fully saturated rings. The molecule has 0 bridgehead atoms. The summed E-state index contributed by atoms with van der Waals surface area (Å²) >= 11 is 0. The summed E-state index contributed by atoms with van der Waals surface area (Å²) in [6.07, 6.45) is 1.63. The van der Waals surface area contributed by atoms with Gasteiger partial charge in [0.1, 0.15) is 5.82 Å². The lowest BCUT2D eigenvalue weighted by Gasteiger charge is -2.27. The second kappa shape index (κ2) is 9.18. The van der Waals surface area contributed by atoms with Gasteiger partial charge in [-0.3, -0.25) is 19.6 Å². The molecule has 3 aliphatic heterocycles. The van der Waals surface area contributed by atoms with E-state index >= 15 is 0 Å². The molecule has 1 aromatic heterocycles. The van der Waals surface area contributed by atoms with Gasteiger partial charge in [0.2, 0.25) is 5.91 Å². The zero-order valence-corrected chi connectivity index (χ0v) is 21.9. The number of hydrogen-bond acceptors (Lipinski definition) is 7. The van der Waals surface area contributed by atoms with E-state index in [2.05, 4.69) is 15.2 Å². The van der Waals surface area contributed by atoms with Crippen molar-refractivity contribution in [2.75, 3.05) is 44.6 Å². The summed E-state index contributed by atoms with van der Waals surface area (Å²) in [6, 6.07) is 9.65. The molecule has 6 rings (SSSR count). The number of fused-ring (bicyclic) bond motifs is 2. The standard InChI is InChI=1S/C27H36N8O3/c1-27(2,29)24(36)33-10-17-12-34(13-18(17)11-33)25(37)30-22-7-8-35(26(38)31-22)19-5-3-16(4-6-19)9-32-14-20-21(15-32)23(20)28/h3-8,17-18,20-21,23H,9-15,28-29H2,1-2H3,(H,30,31,37,38)/t17?,18?,20-,21?,23?/m1/s1. The zero-order valence-electron chi connectivity index (χ0n) is 21.9. The average Bonchev–Trinajstić information content (AvgIpc) is 3.30. The highest BCUT2D eigenvalue weighted by atomic mass is 16.2. The first-order chi connectivity index (χ1) is 18.1. The van der Waals surface area contributed by atoms with Gasteiger partial charge in [-0.15, -0.1) is 0 Å². The van der Waals surface area contributed by atoms with Crippen LogP contribution >= 0.6 is 0 Å². The topological polar surface area (TPSA) is 143 Å². The first-order valence-corrected chi connectivity index (χ1v) is 13.4. The summed E-state index contributed by atoms with van der Waals surface area (Å²) in [5.74, 6) is 1.93. The van der Waals surface area contributed by atoms with Gasteiger partial charge in [0.25, 0.3) is 0 Å². The Morgan fingerprint density at radius 3 is 2.16 bits per heavy atom. The SMILES string of the molecule is CC(C)(N)C(=O)N1CC2CN(C(=O)Nc3ccn(-c4ccc(CN5CC6C(N)[C@@H]6C5)cc4)c(=O)n3)CC2C1.